The lowest BCUT2D eigenvalue weighted by Crippen LogP contribution is -2.05. The summed E-state index contributed by atoms with van der Waals surface area (Å²) in [6, 6.07) is 13.8. The molecule has 2 N–H and O–H groups in total. The molecule has 5 nitrogen and oxygen atoms in total. The van der Waals surface area contributed by atoms with Crippen LogP contribution in [0.4, 0.5) is 10.1 Å². The van der Waals surface area contributed by atoms with Crippen molar-refractivity contribution in [2.75, 3.05) is 5.73 Å². The Labute approximate surface area is 114 Å². The summed E-state index contributed by atoms with van der Waals surface area (Å²) in [5.74, 6) is 0.0563. The van der Waals surface area contributed by atoms with Crippen LogP contribution in [0.2, 0.25) is 0 Å². The summed E-state index contributed by atoms with van der Waals surface area (Å²) in [5, 5.41) is 11.4. The van der Waals surface area contributed by atoms with Gasteiger partial charge in [0.25, 0.3) is 0 Å². The quantitative estimate of drug-likeness (QED) is 0.739. The normalized spacial score (nSPS) is 10.7. The van der Waals surface area contributed by atoms with E-state index in [2.05, 4.69) is 15.5 Å². The number of hydrogen-bond acceptors (Lipinski definition) is 4. The monoisotopic (exact) mass is 269 g/mol. The van der Waals surface area contributed by atoms with Gasteiger partial charge in [-0.25, -0.2) is 9.07 Å². The van der Waals surface area contributed by atoms with Crippen LogP contribution < -0.4 is 5.73 Å². The van der Waals surface area contributed by atoms with Crippen molar-refractivity contribution in [1.29, 1.82) is 0 Å². The second-order valence-electron chi connectivity index (χ2n) is 4.38. The first kappa shape index (κ1) is 12.3. The van der Waals surface area contributed by atoms with E-state index in [0.29, 0.717) is 23.6 Å². The molecule has 0 atom stereocenters. The Kier molecular flexibility index (Phi) is 3.12. The molecule has 2 aromatic carbocycles. The average molecular weight is 269 g/mol. The van der Waals surface area contributed by atoms with Gasteiger partial charge in [-0.3, -0.25) is 0 Å². The molecular weight excluding hydrogens is 257 g/mol. The molecule has 0 aliphatic carbocycles. The molecule has 0 radical (unpaired) electrons. The van der Waals surface area contributed by atoms with E-state index in [-0.39, 0.29) is 5.82 Å². The first-order valence-corrected chi connectivity index (χ1v) is 6.09. The van der Waals surface area contributed by atoms with Gasteiger partial charge in [-0.05, 0) is 40.3 Å². The molecule has 6 heteroatoms. The highest BCUT2D eigenvalue weighted by atomic mass is 19.1. The van der Waals surface area contributed by atoms with Crippen molar-refractivity contribution in [2.45, 2.75) is 6.54 Å². The van der Waals surface area contributed by atoms with Gasteiger partial charge in [-0.1, -0.05) is 24.3 Å². The van der Waals surface area contributed by atoms with Crippen LogP contribution in [0, 0.1) is 5.82 Å². The van der Waals surface area contributed by atoms with E-state index in [4.69, 9.17) is 5.73 Å². The first-order chi connectivity index (χ1) is 9.74. The highest BCUT2D eigenvalue weighted by molar-refractivity contribution is 5.55. The first-order valence-electron chi connectivity index (χ1n) is 6.09. The summed E-state index contributed by atoms with van der Waals surface area (Å²) >= 11 is 0. The van der Waals surface area contributed by atoms with Gasteiger partial charge in [0.15, 0.2) is 5.82 Å². The molecule has 0 amide bonds. The van der Waals surface area contributed by atoms with Crippen molar-refractivity contribution in [3.05, 3.63) is 59.9 Å². The molecule has 100 valence electrons. The largest absolute Gasteiger partial charge is 0.399 e. The topological polar surface area (TPSA) is 69.6 Å². The van der Waals surface area contributed by atoms with Crippen molar-refractivity contribution >= 4 is 5.69 Å². The van der Waals surface area contributed by atoms with Gasteiger partial charge in [0, 0.05) is 5.69 Å². The average Bonchev–Trinajstić information content (AvgIpc) is 2.90. The van der Waals surface area contributed by atoms with Crippen molar-refractivity contribution in [3.63, 3.8) is 0 Å². The van der Waals surface area contributed by atoms with Gasteiger partial charge < -0.3 is 5.73 Å². The van der Waals surface area contributed by atoms with Crippen LogP contribution in [0.25, 0.3) is 11.4 Å². The SMILES string of the molecule is Nc1ccc(Cn2nnnc2-c2ccccc2F)cc1. The van der Waals surface area contributed by atoms with E-state index in [9.17, 15) is 4.39 Å². The minimum absolute atomic E-state index is 0.346. The second-order valence-corrected chi connectivity index (χ2v) is 4.38. The van der Waals surface area contributed by atoms with Gasteiger partial charge in [0.05, 0.1) is 12.1 Å². The number of nitrogen functional groups attached to an aromatic ring is 1. The highest BCUT2D eigenvalue weighted by Crippen LogP contribution is 2.20. The van der Waals surface area contributed by atoms with E-state index < -0.39 is 0 Å². The molecule has 1 aromatic heterocycles. The van der Waals surface area contributed by atoms with E-state index in [0.717, 1.165) is 5.56 Å². The van der Waals surface area contributed by atoms with Crippen molar-refractivity contribution in [2.24, 2.45) is 0 Å². The zero-order chi connectivity index (χ0) is 13.9. The van der Waals surface area contributed by atoms with Crippen LogP contribution >= 0.6 is 0 Å². The number of halogens is 1. The van der Waals surface area contributed by atoms with E-state index in [1.165, 1.54) is 6.07 Å². The molecule has 0 aliphatic rings. The van der Waals surface area contributed by atoms with Gasteiger partial charge in [0.1, 0.15) is 5.82 Å². The third-order valence-corrected chi connectivity index (χ3v) is 2.96. The van der Waals surface area contributed by atoms with Crippen LogP contribution in [0.1, 0.15) is 5.56 Å². The molecule has 3 rings (SSSR count). The Balaban J connectivity index is 1.95. The predicted molar refractivity (Wildman–Crippen MR) is 73.2 cm³/mol. The lowest BCUT2D eigenvalue weighted by molar-refractivity contribution is 0.620. The van der Waals surface area contributed by atoms with Crippen molar-refractivity contribution in [3.8, 4) is 11.4 Å². The minimum atomic E-state index is -0.346. The standard InChI is InChI=1S/C14H12FN5/c15-13-4-2-1-3-12(13)14-17-18-19-20(14)9-10-5-7-11(16)8-6-10/h1-8H,9,16H2. The van der Waals surface area contributed by atoms with Gasteiger partial charge in [0.2, 0.25) is 0 Å². The number of aromatic nitrogens is 4. The number of rotatable bonds is 3. The van der Waals surface area contributed by atoms with Gasteiger partial charge in [-0.15, -0.1) is 5.10 Å². The minimum Gasteiger partial charge on any atom is -0.399 e. The summed E-state index contributed by atoms with van der Waals surface area (Å²) in [6.07, 6.45) is 0. The third kappa shape index (κ3) is 2.35. The molecule has 0 saturated carbocycles. The number of hydrogen-bond donors (Lipinski definition) is 1. The van der Waals surface area contributed by atoms with E-state index >= 15 is 0 Å². The maximum Gasteiger partial charge on any atom is 0.185 e. The molecule has 0 saturated heterocycles. The van der Waals surface area contributed by atoms with E-state index in [1.54, 1.807) is 22.9 Å². The molecule has 0 unspecified atom stereocenters. The molecule has 1 heterocycles. The molecular formula is C14H12FN5. The van der Waals surface area contributed by atoms with E-state index in [1.807, 2.05) is 24.3 Å². The Morgan fingerprint density at radius 3 is 2.55 bits per heavy atom. The van der Waals surface area contributed by atoms with Crippen LogP contribution in [0.15, 0.2) is 48.5 Å². The van der Waals surface area contributed by atoms with Crippen molar-refractivity contribution in [1.82, 2.24) is 20.2 Å². The molecule has 0 bridgehead atoms. The number of nitrogens with zero attached hydrogens (tertiary/aromatic N) is 4. The predicted octanol–water partition coefficient (Wildman–Crippen LogP) is 2.11. The Morgan fingerprint density at radius 1 is 1.05 bits per heavy atom. The summed E-state index contributed by atoms with van der Waals surface area (Å²) in [6.45, 7) is 0.455. The second kappa shape index (κ2) is 5.08. The summed E-state index contributed by atoms with van der Waals surface area (Å²) in [4.78, 5) is 0. The maximum atomic E-state index is 13.8. The Morgan fingerprint density at radius 2 is 1.80 bits per heavy atom. The lowest BCUT2D eigenvalue weighted by atomic mass is 10.2. The lowest BCUT2D eigenvalue weighted by Gasteiger charge is -2.06. The third-order valence-electron chi connectivity index (χ3n) is 2.96. The van der Waals surface area contributed by atoms with Gasteiger partial charge >= 0.3 is 0 Å². The zero-order valence-corrected chi connectivity index (χ0v) is 10.6. The number of nitrogens with two attached hydrogens (primary N) is 1. The molecule has 0 aliphatic heterocycles. The number of benzene rings is 2. The summed E-state index contributed by atoms with van der Waals surface area (Å²) in [7, 11) is 0. The number of anilines is 1. The Bertz CT molecular complexity index is 720. The number of tetrazole rings is 1. The highest BCUT2D eigenvalue weighted by Gasteiger charge is 2.12. The molecule has 20 heavy (non-hydrogen) atoms. The fraction of sp³-hybridized carbons (Fsp3) is 0.0714. The maximum absolute atomic E-state index is 13.8. The van der Waals surface area contributed by atoms with Crippen molar-refractivity contribution < 1.29 is 4.39 Å². The molecule has 0 fully saturated rings. The van der Waals surface area contributed by atoms with Crippen LogP contribution in [0.5, 0.6) is 0 Å². The Hall–Kier alpha value is -2.76. The van der Waals surface area contributed by atoms with Crippen LogP contribution in [-0.4, -0.2) is 20.2 Å². The fourth-order valence-electron chi connectivity index (χ4n) is 1.94. The molecule has 3 aromatic rings. The smallest absolute Gasteiger partial charge is 0.185 e. The summed E-state index contributed by atoms with van der Waals surface area (Å²) < 4.78 is 15.4. The zero-order valence-electron chi connectivity index (χ0n) is 10.6. The van der Waals surface area contributed by atoms with Crippen LogP contribution in [-0.2, 0) is 6.54 Å². The fourth-order valence-corrected chi connectivity index (χ4v) is 1.94. The summed E-state index contributed by atoms with van der Waals surface area (Å²) in [5.41, 5.74) is 7.71. The molecule has 0 spiro atoms. The van der Waals surface area contributed by atoms with Crippen LogP contribution in [0.3, 0.4) is 0 Å². The van der Waals surface area contributed by atoms with Gasteiger partial charge in [-0.2, -0.15) is 0 Å².